The largest absolute Gasteiger partial charge is 0.326 e. The molecule has 10 heteroatoms. The van der Waals surface area contributed by atoms with Crippen LogP contribution in [0.15, 0.2) is 58.8 Å². The molecule has 1 fully saturated rings. The number of nitrogens with zero attached hydrogens (tertiary/aromatic N) is 1. The van der Waals surface area contributed by atoms with Crippen molar-refractivity contribution in [3.8, 4) is 0 Å². The van der Waals surface area contributed by atoms with Crippen molar-refractivity contribution in [3.63, 3.8) is 0 Å². The Labute approximate surface area is 205 Å². The number of rotatable bonds is 4. The van der Waals surface area contributed by atoms with Crippen LogP contribution in [-0.4, -0.2) is 43.3 Å². The number of anilines is 1. The summed E-state index contributed by atoms with van der Waals surface area (Å²) >= 11 is 6.89. The summed E-state index contributed by atoms with van der Waals surface area (Å²) in [6.45, 7) is 0.452. The molecule has 1 aliphatic heterocycles. The first-order valence-electron chi connectivity index (χ1n) is 10.6. The topological polar surface area (TPSA) is 101 Å². The molecule has 2 aliphatic rings. The van der Waals surface area contributed by atoms with E-state index in [1.807, 2.05) is 0 Å². The van der Waals surface area contributed by atoms with E-state index in [9.17, 15) is 22.8 Å². The number of ketones is 2. The molecular weight excluding hydrogens is 496 g/mol. The highest BCUT2D eigenvalue weighted by Gasteiger charge is 2.34. The number of nitrogens with one attached hydrogen (secondary N) is 1. The Morgan fingerprint density at radius 2 is 1.53 bits per heavy atom. The van der Waals surface area contributed by atoms with Crippen LogP contribution in [0.1, 0.15) is 44.7 Å². The third-order valence-corrected chi connectivity index (χ3v) is 9.76. The molecule has 0 spiro atoms. The minimum Gasteiger partial charge on any atom is -0.326 e. The van der Waals surface area contributed by atoms with Gasteiger partial charge in [0.05, 0.1) is 4.34 Å². The van der Waals surface area contributed by atoms with Crippen LogP contribution in [0.3, 0.4) is 0 Å². The van der Waals surface area contributed by atoms with Crippen molar-refractivity contribution in [2.45, 2.75) is 17.1 Å². The molecular formula is C24H19ClN2O5S2. The number of carbonyl (C=O) groups is 3. The second-order valence-corrected chi connectivity index (χ2v) is 12.1. The summed E-state index contributed by atoms with van der Waals surface area (Å²) in [7, 11) is -3.63. The number of amides is 1. The average Bonchev–Trinajstić information content (AvgIpc) is 3.30. The predicted molar refractivity (Wildman–Crippen MR) is 129 cm³/mol. The van der Waals surface area contributed by atoms with Crippen LogP contribution >= 0.6 is 22.9 Å². The smallest absolute Gasteiger partial charge is 0.252 e. The molecule has 1 saturated heterocycles. The van der Waals surface area contributed by atoms with Crippen LogP contribution in [0.25, 0.3) is 0 Å². The van der Waals surface area contributed by atoms with Gasteiger partial charge < -0.3 is 5.32 Å². The highest BCUT2D eigenvalue weighted by Crippen LogP contribution is 2.32. The Morgan fingerprint density at radius 3 is 2.15 bits per heavy atom. The van der Waals surface area contributed by atoms with Crippen molar-refractivity contribution in [2.24, 2.45) is 5.92 Å². The van der Waals surface area contributed by atoms with Gasteiger partial charge in [0.2, 0.25) is 5.91 Å². The first kappa shape index (κ1) is 22.9. The van der Waals surface area contributed by atoms with E-state index in [1.165, 1.54) is 16.4 Å². The highest BCUT2D eigenvalue weighted by molar-refractivity contribution is 7.91. The zero-order chi connectivity index (χ0) is 24.0. The van der Waals surface area contributed by atoms with E-state index in [1.54, 1.807) is 42.5 Å². The van der Waals surface area contributed by atoms with Crippen LogP contribution in [0.2, 0.25) is 4.34 Å². The van der Waals surface area contributed by atoms with Gasteiger partial charge in [0, 0.05) is 46.9 Å². The number of thiophene rings is 1. The van der Waals surface area contributed by atoms with Crippen LogP contribution in [-0.2, 0) is 14.8 Å². The van der Waals surface area contributed by atoms with E-state index in [4.69, 9.17) is 11.6 Å². The van der Waals surface area contributed by atoms with Crippen molar-refractivity contribution < 1.29 is 22.8 Å². The van der Waals surface area contributed by atoms with Crippen LogP contribution in [0.5, 0.6) is 0 Å². The van der Waals surface area contributed by atoms with Crippen molar-refractivity contribution in [1.82, 2.24) is 4.31 Å². The second kappa shape index (κ2) is 8.74. The molecule has 1 amide bonds. The SMILES string of the molecule is O=C1c2ccccc2C(=O)c2cc(NC(=O)C3CCN(S(=O)(=O)c4ccc(Cl)s4)CC3)ccc21. The van der Waals surface area contributed by atoms with Gasteiger partial charge in [-0.1, -0.05) is 35.9 Å². The minimum atomic E-state index is -3.63. The molecule has 174 valence electrons. The van der Waals surface area contributed by atoms with Crippen molar-refractivity contribution in [1.29, 1.82) is 0 Å². The fourth-order valence-electron chi connectivity index (χ4n) is 4.34. The zero-order valence-electron chi connectivity index (χ0n) is 17.8. The Balaban J connectivity index is 1.27. The van der Waals surface area contributed by atoms with Crippen LogP contribution in [0, 0.1) is 5.92 Å². The van der Waals surface area contributed by atoms with E-state index >= 15 is 0 Å². The lowest BCUT2D eigenvalue weighted by molar-refractivity contribution is -0.120. The summed E-state index contributed by atoms with van der Waals surface area (Å²) in [6, 6.07) is 14.4. The molecule has 2 heterocycles. The lowest BCUT2D eigenvalue weighted by atomic mass is 9.84. The van der Waals surface area contributed by atoms with Crippen LogP contribution < -0.4 is 5.32 Å². The quantitative estimate of drug-likeness (QED) is 0.439. The predicted octanol–water partition coefficient (Wildman–Crippen LogP) is 4.22. The summed E-state index contributed by atoms with van der Waals surface area (Å²) < 4.78 is 27.5. The molecule has 5 rings (SSSR count). The van der Waals surface area contributed by atoms with Gasteiger partial charge in [-0.25, -0.2) is 8.42 Å². The van der Waals surface area contributed by atoms with E-state index in [-0.39, 0.29) is 46.3 Å². The number of sulfonamides is 1. The first-order chi connectivity index (χ1) is 16.3. The summed E-state index contributed by atoms with van der Waals surface area (Å²) in [6.07, 6.45) is 0.750. The second-order valence-electron chi connectivity index (χ2n) is 8.19. The van der Waals surface area contributed by atoms with Gasteiger partial charge >= 0.3 is 0 Å². The lowest BCUT2D eigenvalue weighted by Crippen LogP contribution is -2.41. The van der Waals surface area contributed by atoms with Gasteiger partial charge in [-0.05, 0) is 43.2 Å². The summed E-state index contributed by atoms with van der Waals surface area (Å²) in [4.78, 5) is 38.5. The molecule has 7 nitrogen and oxygen atoms in total. The Bertz CT molecular complexity index is 1440. The van der Waals surface area contributed by atoms with Gasteiger partial charge in [0.15, 0.2) is 11.6 Å². The molecule has 2 aromatic carbocycles. The van der Waals surface area contributed by atoms with E-state index in [0.29, 0.717) is 39.6 Å². The molecule has 34 heavy (non-hydrogen) atoms. The fourth-order valence-corrected chi connectivity index (χ4v) is 7.45. The van der Waals surface area contributed by atoms with Crippen molar-refractivity contribution in [3.05, 3.63) is 81.2 Å². The Kier molecular flexibility index (Phi) is 5.89. The fraction of sp³-hybridized carbons (Fsp3) is 0.208. The highest BCUT2D eigenvalue weighted by atomic mass is 35.5. The molecule has 1 N–H and O–H groups in total. The third kappa shape index (κ3) is 3.98. The number of carbonyl (C=O) groups excluding carboxylic acids is 3. The number of benzene rings is 2. The summed E-state index contributed by atoms with van der Waals surface area (Å²) in [5, 5.41) is 2.82. The van der Waals surface area contributed by atoms with E-state index < -0.39 is 10.0 Å². The van der Waals surface area contributed by atoms with Crippen molar-refractivity contribution >= 4 is 56.1 Å². The Morgan fingerprint density at radius 1 is 0.912 bits per heavy atom. The Hall–Kier alpha value is -2.85. The van der Waals surface area contributed by atoms with E-state index in [2.05, 4.69) is 5.32 Å². The molecule has 0 radical (unpaired) electrons. The van der Waals surface area contributed by atoms with Crippen LogP contribution in [0.4, 0.5) is 5.69 Å². The standard InChI is InChI=1S/C24H19ClN2O5S2/c25-20-7-8-21(33-20)34(31,32)27-11-9-14(10-12-27)24(30)26-15-5-6-18-19(13-15)23(29)17-4-2-1-3-16(17)22(18)28/h1-8,13-14H,9-12H2,(H,26,30). The van der Waals surface area contributed by atoms with E-state index in [0.717, 1.165) is 11.3 Å². The lowest BCUT2D eigenvalue weighted by Gasteiger charge is -2.30. The molecule has 0 atom stereocenters. The van der Waals surface area contributed by atoms with Gasteiger partial charge in [0.25, 0.3) is 10.0 Å². The molecule has 0 saturated carbocycles. The molecule has 3 aromatic rings. The number of halogens is 1. The zero-order valence-corrected chi connectivity index (χ0v) is 20.2. The summed E-state index contributed by atoms with van der Waals surface area (Å²) in [5.41, 5.74) is 1.73. The monoisotopic (exact) mass is 514 g/mol. The summed E-state index contributed by atoms with van der Waals surface area (Å²) in [5.74, 6) is -1.09. The maximum Gasteiger partial charge on any atom is 0.252 e. The molecule has 0 bridgehead atoms. The minimum absolute atomic E-state index is 0.190. The molecule has 0 unspecified atom stereocenters. The number of hydrogen-bond acceptors (Lipinski definition) is 6. The normalized spacial score (nSPS) is 16.7. The first-order valence-corrected chi connectivity index (χ1v) is 13.3. The number of fused-ring (bicyclic) bond motifs is 2. The van der Waals surface area contributed by atoms with Gasteiger partial charge in [-0.2, -0.15) is 4.31 Å². The number of hydrogen-bond donors (Lipinski definition) is 1. The third-order valence-electron chi connectivity index (χ3n) is 6.16. The molecule has 1 aliphatic carbocycles. The van der Waals surface area contributed by atoms with Gasteiger partial charge in [0.1, 0.15) is 4.21 Å². The maximum absolute atomic E-state index is 12.9. The average molecular weight is 515 g/mol. The maximum atomic E-state index is 12.9. The van der Waals surface area contributed by atoms with Gasteiger partial charge in [-0.3, -0.25) is 14.4 Å². The van der Waals surface area contributed by atoms with Gasteiger partial charge in [-0.15, -0.1) is 11.3 Å². The number of piperidine rings is 1. The van der Waals surface area contributed by atoms with Crippen molar-refractivity contribution in [2.75, 3.05) is 18.4 Å². The molecule has 1 aromatic heterocycles.